The summed E-state index contributed by atoms with van der Waals surface area (Å²) < 4.78 is 0. The number of nitrogens with zero attached hydrogens (tertiary/aromatic N) is 2. The Hall–Kier alpha value is -1.06. The Morgan fingerprint density at radius 3 is 2.73 bits per heavy atom. The number of hydrogen-bond donors (Lipinski definition) is 0. The molecule has 0 saturated carbocycles. The second-order valence-corrected chi connectivity index (χ2v) is 6.76. The van der Waals surface area contributed by atoms with Crippen LogP contribution < -0.4 is 0 Å². The van der Waals surface area contributed by atoms with E-state index >= 15 is 0 Å². The fourth-order valence-corrected chi connectivity index (χ4v) is 3.30. The molecule has 1 atom stereocenters. The van der Waals surface area contributed by atoms with Crippen LogP contribution in [0.15, 0.2) is 30.3 Å². The quantitative estimate of drug-likeness (QED) is 0.750. The maximum absolute atomic E-state index is 11.8. The molecule has 0 aromatic heterocycles. The van der Waals surface area contributed by atoms with Gasteiger partial charge >= 0.3 is 0 Å². The van der Waals surface area contributed by atoms with Crippen molar-refractivity contribution in [3.63, 3.8) is 0 Å². The summed E-state index contributed by atoms with van der Waals surface area (Å²) in [5.74, 6) is 0.725. The van der Waals surface area contributed by atoms with Gasteiger partial charge in [-0.15, -0.1) is 11.6 Å². The van der Waals surface area contributed by atoms with E-state index in [1.807, 2.05) is 4.90 Å². The number of carbonyl (C=O) groups is 1. The van der Waals surface area contributed by atoms with Crippen LogP contribution in [0.5, 0.6) is 0 Å². The first kappa shape index (κ1) is 17.3. The second-order valence-electron chi connectivity index (χ2n) is 6.49. The van der Waals surface area contributed by atoms with Crippen molar-refractivity contribution in [2.24, 2.45) is 5.92 Å². The normalized spacial score (nSPS) is 19.0. The molecule has 4 heteroatoms. The minimum atomic E-state index is 0.0746. The van der Waals surface area contributed by atoms with Crippen LogP contribution in [0.4, 0.5) is 0 Å². The van der Waals surface area contributed by atoms with Crippen LogP contribution in [-0.4, -0.2) is 47.3 Å². The molecule has 3 nitrogen and oxygen atoms in total. The first-order valence-electron chi connectivity index (χ1n) is 8.22. The van der Waals surface area contributed by atoms with Gasteiger partial charge in [0, 0.05) is 32.2 Å². The zero-order valence-corrected chi connectivity index (χ0v) is 14.4. The molecule has 22 heavy (non-hydrogen) atoms. The molecule has 1 aromatic rings. The number of carbonyl (C=O) groups excluding carboxylic acids is 1. The molecule has 0 N–H and O–H groups in total. The van der Waals surface area contributed by atoms with Crippen LogP contribution in [0.1, 0.15) is 32.3 Å². The predicted octanol–water partition coefficient (Wildman–Crippen LogP) is 3.37. The molecule has 1 amide bonds. The molecule has 1 aliphatic rings. The molecule has 2 rings (SSSR count). The monoisotopic (exact) mass is 322 g/mol. The standard InChI is InChI=1S/C18H27ClN2O/c1-15(2)21(12-16-7-4-3-5-8-16)14-17-9-6-10-20(13-17)18(22)11-19/h3-5,7-8,15,17H,6,9-14H2,1-2H3/t17-/m0/s1. The second kappa shape index (κ2) is 8.54. The Morgan fingerprint density at radius 1 is 1.36 bits per heavy atom. The van der Waals surface area contributed by atoms with Crippen molar-refractivity contribution in [2.75, 3.05) is 25.5 Å². The third-order valence-electron chi connectivity index (χ3n) is 4.44. The van der Waals surface area contributed by atoms with E-state index in [4.69, 9.17) is 11.6 Å². The van der Waals surface area contributed by atoms with Gasteiger partial charge in [-0.05, 0) is 38.2 Å². The number of amides is 1. The number of piperidine rings is 1. The van der Waals surface area contributed by atoms with Crippen molar-refractivity contribution in [1.82, 2.24) is 9.80 Å². The van der Waals surface area contributed by atoms with Crippen molar-refractivity contribution >= 4 is 17.5 Å². The van der Waals surface area contributed by atoms with Gasteiger partial charge < -0.3 is 4.90 Å². The number of likely N-dealkylation sites (tertiary alicyclic amines) is 1. The van der Waals surface area contributed by atoms with Crippen LogP contribution in [0.25, 0.3) is 0 Å². The van der Waals surface area contributed by atoms with Crippen LogP contribution in [0.2, 0.25) is 0 Å². The van der Waals surface area contributed by atoms with Crippen molar-refractivity contribution in [3.05, 3.63) is 35.9 Å². The van der Waals surface area contributed by atoms with Gasteiger partial charge in [0.2, 0.25) is 5.91 Å². The number of hydrogen-bond acceptors (Lipinski definition) is 2. The highest BCUT2D eigenvalue weighted by atomic mass is 35.5. The molecule has 1 fully saturated rings. The topological polar surface area (TPSA) is 23.6 Å². The van der Waals surface area contributed by atoms with Gasteiger partial charge in [0.15, 0.2) is 0 Å². The molecule has 0 spiro atoms. The molecular formula is C18H27ClN2O. The van der Waals surface area contributed by atoms with Crippen LogP contribution in [-0.2, 0) is 11.3 Å². The van der Waals surface area contributed by atoms with Gasteiger partial charge in [0.25, 0.3) is 0 Å². The third kappa shape index (κ3) is 4.99. The Labute approximate surface area is 139 Å². The summed E-state index contributed by atoms with van der Waals surface area (Å²) in [7, 11) is 0. The Balaban J connectivity index is 1.94. The van der Waals surface area contributed by atoms with Crippen LogP contribution >= 0.6 is 11.6 Å². The van der Waals surface area contributed by atoms with Crippen LogP contribution in [0, 0.1) is 5.92 Å². The summed E-state index contributed by atoms with van der Waals surface area (Å²) in [5, 5.41) is 0. The predicted molar refractivity (Wildman–Crippen MR) is 92.0 cm³/mol. The SMILES string of the molecule is CC(C)N(Cc1ccccc1)C[C@H]1CCCN(C(=O)CCl)C1. The molecular weight excluding hydrogens is 296 g/mol. The molecule has 0 bridgehead atoms. The van der Waals surface area contributed by atoms with Gasteiger partial charge in [0.1, 0.15) is 5.88 Å². The maximum atomic E-state index is 11.8. The summed E-state index contributed by atoms with van der Waals surface area (Å²) in [6.07, 6.45) is 2.29. The lowest BCUT2D eigenvalue weighted by atomic mass is 9.96. The van der Waals surface area contributed by atoms with Gasteiger partial charge in [-0.25, -0.2) is 0 Å². The fraction of sp³-hybridized carbons (Fsp3) is 0.611. The van der Waals surface area contributed by atoms with Crippen molar-refractivity contribution < 1.29 is 4.79 Å². The summed E-state index contributed by atoms with van der Waals surface area (Å²) in [6, 6.07) is 11.1. The average molecular weight is 323 g/mol. The van der Waals surface area contributed by atoms with Gasteiger partial charge in [-0.3, -0.25) is 9.69 Å². The van der Waals surface area contributed by atoms with E-state index in [-0.39, 0.29) is 11.8 Å². The Morgan fingerprint density at radius 2 is 2.09 bits per heavy atom. The third-order valence-corrected chi connectivity index (χ3v) is 4.67. The largest absolute Gasteiger partial charge is 0.341 e. The fourth-order valence-electron chi connectivity index (χ4n) is 3.13. The van der Waals surface area contributed by atoms with Crippen molar-refractivity contribution in [1.29, 1.82) is 0 Å². The molecule has 0 unspecified atom stereocenters. The molecule has 1 aliphatic heterocycles. The number of rotatable bonds is 6. The molecule has 0 aliphatic carbocycles. The van der Waals surface area contributed by atoms with E-state index in [1.165, 1.54) is 12.0 Å². The minimum Gasteiger partial charge on any atom is -0.341 e. The lowest BCUT2D eigenvalue weighted by Gasteiger charge is -2.37. The van der Waals surface area contributed by atoms with E-state index < -0.39 is 0 Å². The maximum Gasteiger partial charge on any atom is 0.237 e. The summed E-state index contributed by atoms with van der Waals surface area (Å²) >= 11 is 5.69. The van der Waals surface area contributed by atoms with Gasteiger partial charge in [0.05, 0.1) is 0 Å². The molecule has 122 valence electrons. The van der Waals surface area contributed by atoms with Crippen LogP contribution in [0.3, 0.4) is 0 Å². The average Bonchev–Trinajstić information content (AvgIpc) is 2.54. The summed E-state index contributed by atoms with van der Waals surface area (Å²) in [5.41, 5.74) is 1.35. The smallest absolute Gasteiger partial charge is 0.237 e. The highest BCUT2D eigenvalue weighted by molar-refractivity contribution is 6.27. The first-order chi connectivity index (χ1) is 10.6. The molecule has 1 saturated heterocycles. The minimum absolute atomic E-state index is 0.0746. The van der Waals surface area contributed by atoms with E-state index in [1.54, 1.807) is 0 Å². The van der Waals surface area contributed by atoms with E-state index in [0.717, 1.165) is 32.6 Å². The lowest BCUT2D eigenvalue weighted by molar-refractivity contribution is -0.130. The van der Waals surface area contributed by atoms with E-state index in [0.29, 0.717) is 12.0 Å². The highest BCUT2D eigenvalue weighted by Gasteiger charge is 2.25. The highest BCUT2D eigenvalue weighted by Crippen LogP contribution is 2.20. The van der Waals surface area contributed by atoms with Gasteiger partial charge in [-0.1, -0.05) is 30.3 Å². The first-order valence-corrected chi connectivity index (χ1v) is 8.75. The lowest BCUT2D eigenvalue weighted by Crippen LogP contribution is -2.45. The molecule has 0 radical (unpaired) electrons. The van der Waals surface area contributed by atoms with E-state index in [9.17, 15) is 4.79 Å². The Bertz CT molecular complexity index is 463. The molecule has 1 aromatic carbocycles. The number of benzene rings is 1. The zero-order chi connectivity index (χ0) is 15.9. The van der Waals surface area contributed by atoms with E-state index in [2.05, 4.69) is 49.1 Å². The Kier molecular flexibility index (Phi) is 6.71. The van der Waals surface area contributed by atoms with Crippen molar-refractivity contribution in [3.8, 4) is 0 Å². The summed E-state index contributed by atoms with van der Waals surface area (Å²) in [4.78, 5) is 16.2. The van der Waals surface area contributed by atoms with Crippen molar-refractivity contribution in [2.45, 2.75) is 39.3 Å². The van der Waals surface area contributed by atoms with Gasteiger partial charge in [-0.2, -0.15) is 0 Å². The summed E-state index contributed by atoms with van der Waals surface area (Å²) in [6.45, 7) is 8.21. The molecule has 1 heterocycles. The number of halogens is 1. The number of alkyl halides is 1. The zero-order valence-electron chi connectivity index (χ0n) is 13.7.